The summed E-state index contributed by atoms with van der Waals surface area (Å²) in [6.45, 7) is 2.17. The summed E-state index contributed by atoms with van der Waals surface area (Å²) in [5.41, 5.74) is 1.10. The van der Waals surface area contributed by atoms with Gasteiger partial charge in [0.15, 0.2) is 5.16 Å². The van der Waals surface area contributed by atoms with E-state index in [1.165, 1.54) is 6.07 Å². The smallest absolute Gasteiger partial charge is 0.338 e. The molecule has 3 aromatic rings. The highest BCUT2D eigenvalue weighted by Crippen LogP contribution is 2.15. The number of rotatable bonds is 9. The number of aromatic amines is 1. The number of esters is 1. The number of aromatic nitrogens is 2. The van der Waals surface area contributed by atoms with Gasteiger partial charge < -0.3 is 19.8 Å². The minimum absolute atomic E-state index is 0.0472. The number of nitrogens with zero attached hydrogens (tertiary/aromatic N) is 1. The van der Waals surface area contributed by atoms with Crippen molar-refractivity contribution in [1.82, 2.24) is 9.97 Å². The molecule has 0 saturated carbocycles. The molecule has 0 aliphatic heterocycles. The molecule has 0 aliphatic carbocycles. The van der Waals surface area contributed by atoms with E-state index in [1.807, 2.05) is 30.3 Å². The highest BCUT2D eigenvalue weighted by atomic mass is 32.2. The zero-order valence-corrected chi connectivity index (χ0v) is 17.6. The summed E-state index contributed by atoms with van der Waals surface area (Å²) in [5, 5.41) is 3.06. The second-order valence-electron chi connectivity index (χ2n) is 6.28. The lowest BCUT2D eigenvalue weighted by Gasteiger charge is -2.08. The van der Waals surface area contributed by atoms with E-state index >= 15 is 0 Å². The Morgan fingerprint density at radius 3 is 2.55 bits per heavy atom. The molecule has 1 heterocycles. The van der Waals surface area contributed by atoms with E-state index in [1.54, 1.807) is 31.2 Å². The maximum atomic E-state index is 12.2. The molecular formula is C22H21N3O5S. The van der Waals surface area contributed by atoms with Gasteiger partial charge in [0.2, 0.25) is 5.91 Å². The molecule has 0 radical (unpaired) electrons. The van der Waals surface area contributed by atoms with E-state index in [0.717, 1.165) is 11.8 Å². The van der Waals surface area contributed by atoms with Crippen LogP contribution in [0.25, 0.3) is 0 Å². The molecule has 31 heavy (non-hydrogen) atoms. The van der Waals surface area contributed by atoms with Gasteiger partial charge in [-0.3, -0.25) is 9.59 Å². The normalized spacial score (nSPS) is 10.4. The number of ether oxygens (including phenoxy) is 2. The van der Waals surface area contributed by atoms with Gasteiger partial charge >= 0.3 is 5.97 Å². The molecule has 2 aromatic carbocycles. The Hall–Kier alpha value is -3.59. The van der Waals surface area contributed by atoms with Gasteiger partial charge in [-0.1, -0.05) is 30.0 Å². The zero-order chi connectivity index (χ0) is 22.1. The minimum atomic E-state index is -0.415. The van der Waals surface area contributed by atoms with E-state index in [4.69, 9.17) is 9.47 Å². The Labute approximate surface area is 183 Å². The van der Waals surface area contributed by atoms with Crippen LogP contribution in [0.3, 0.4) is 0 Å². The molecule has 0 unspecified atom stereocenters. The topological polar surface area (TPSA) is 110 Å². The molecule has 0 atom stereocenters. The number of carbonyl (C=O) groups is 2. The van der Waals surface area contributed by atoms with Crippen LogP contribution in [0.5, 0.6) is 5.75 Å². The van der Waals surface area contributed by atoms with Gasteiger partial charge in [0, 0.05) is 11.8 Å². The molecule has 1 aromatic heterocycles. The molecule has 0 aliphatic rings. The van der Waals surface area contributed by atoms with Crippen molar-refractivity contribution in [3.8, 4) is 5.75 Å². The second-order valence-corrected chi connectivity index (χ2v) is 7.24. The third-order valence-corrected chi connectivity index (χ3v) is 4.80. The van der Waals surface area contributed by atoms with Crippen molar-refractivity contribution in [2.24, 2.45) is 0 Å². The van der Waals surface area contributed by atoms with E-state index in [9.17, 15) is 14.4 Å². The lowest BCUT2D eigenvalue weighted by atomic mass is 10.2. The summed E-state index contributed by atoms with van der Waals surface area (Å²) in [4.78, 5) is 42.7. The number of H-pyrrole nitrogens is 1. The number of carbonyl (C=O) groups excluding carboxylic acids is 2. The quantitative estimate of drug-likeness (QED) is 0.299. The van der Waals surface area contributed by atoms with Crippen molar-refractivity contribution < 1.29 is 19.1 Å². The summed E-state index contributed by atoms with van der Waals surface area (Å²) < 4.78 is 10.5. The predicted molar refractivity (Wildman–Crippen MR) is 117 cm³/mol. The largest absolute Gasteiger partial charge is 0.487 e. The van der Waals surface area contributed by atoms with Crippen LogP contribution in [0.4, 0.5) is 5.69 Å². The zero-order valence-electron chi connectivity index (χ0n) is 16.8. The molecule has 0 spiro atoms. The number of thioether (sulfide) groups is 1. The lowest BCUT2D eigenvalue weighted by Crippen LogP contribution is -2.16. The number of amides is 1. The van der Waals surface area contributed by atoms with Crippen molar-refractivity contribution >= 4 is 29.3 Å². The van der Waals surface area contributed by atoms with Gasteiger partial charge in [-0.15, -0.1) is 0 Å². The first kappa shape index (κ1) is 22.1. The summed E-state index contributed by atoms with van der Waals surface area (Å²) in [5.74, 6) is 0.0302. The molecule has 1 amide bonds. The number of para-hydroxylation sites is 1. The molecule has 0 saturated heterocycles. The molecule has 8 nitrogen and oxygen atoms in total. The van der Waals surface area contributed by atoms with Crippen LogP contribution in [0.1, 0.15) is 23.0 Å². The average Bonchev–Trinajstić information content (AvgIpc) is 2.77. The number of anilines is 1. The van der Waals surface area contributed by atoms with Crippen LogP contribution in [0, 0.1) is 0 Å². The third-order valence-electron chi connectivity index (χ3n) is 3.92. The van der Waals surface area contributed by atoms with Crippen LogP contribution in [0.2, 0.25) is 0 Å². The molecule has 0 fully saturated rings. The first-order valence-electron chi connectivity index (χ1n) is 9.51. The van der Waals surface area contributed by atoms with Crippen molar-refractivity contribution in [3.05, 3.63) is 82.3 Å². The number of hydrogen-bond donors (Lipinski definition) is 2. The predicted octanol–water partition coefficient (Wildman–Crippen LogP) is 3.26. The van der Waals surface area contributed by atoms with Crippen molar-refractivity contribution in [2.45, 2.75) is 18.7 Å². The van der Waals surface area contributed by atoms with E-state index < -0.39 is 5.97 Å². The van der Waals surface area contributed by atoms with Crippen LogP contribution in [-0.2, 0) is 16.1 Å². The monoisotopic (exact) mass is 439 g/mol. The highest BCUT2D eigenvalue weighted by molar-refractivity contribution is 7.99. The Morgan fingerprint density at radius 2 is 1.84 bits per heavy atom. The maximum Gasteiger partial charge on any atom is 0.338 e. The van der Waals surface area contributed by atoms with Crippen LogP contribution >= 0.6 is 11.8 Å². The van der Waals surface area contributed by atoms with E-state index in [0.29, 0.717) is 34.5 Å². The molecule has 0 bridgehead atoms. The van der Waals surface area contributed by atoms with E-state index in [-0.39, 0.29) is 23.8 Å². The molecular weight excluding hydrogens is 418 g/mol. The lowest BCUT2D eigenvalue weighted by molar-refractivity contribution is -0.113. The highest BCUT2D eigenvalue weighted by Gasteiger charge is 2.09. The Kier molecular flexibility index (Phi) is 7.83. The number of hydrogen-bond acceptors (Lipinski definition) is 7. The van der Waals surface area contributed by atoms with Crippen molar-refractivity contribution in [2.75, 3.05) is 17.7 Å². The Bertz CT molecular complexity index is 1080. The molecule has 9 heteroatoms. The first-order chi connectivity index (χ1) is 15.0. The van der Waals surface area contributed by atoms with Crippen LogP contribution < -0.4 is 15.6 Å². The maximum absolute atomic E-state index is 12.2. The van der Waals surface area contributed by atoms with Gasteiger partial charge in [0.1, 0.15) is 12.4 Å². The standard InChI is InChI=1S/C22H21N3O5S/c1-2-29-21(28)15-8-10-16(11-9-15)23-20(27)14-31-22-24-17(12-19(26)25-22)13-30-18-6-4-3-5-7-18/h3-12H,2,13-14H2,1H3,(H,23,27)(H,24,25,26). The summed E-state index contributed by atoms with van der Waals surface area (Å²) in [7, 11) is 0. The number of benzene rings is 2. The van der Waals surface area contributed by atoms with Gasteiger partial charge in [-0.25, -0.2) is 9.78 Å². The molecule has 2 N–H and O–H groups in total. The average molecular weight is 439 g/mol. The van der Waals surface area contributed by atoms with Gasteiger partial charge in [0.05, 0.1) is 23.6 Å². The molecule has 160 valence electrons. The van der Waals surface area contributed by atoms with E-state index in [2.05, 4.69) is 15.3 Å². The van der Waals surface area contributed by atoms with Gasteiger partial charge in [-0.05, 0) is 43.3 Å². The van der Waals surface area contributed by atoms with Gasteiger partial charge in [0.25, 0.3) is 5.56 Å². The third kappa shape index (κ3) is 7.00. The minimum Gasteiger partial charge on any atom is -0.487 e. The Balaban J connectivity index is 1.53. The van der Waals surface area contributed by atoms with Crippen LogP contribution in [-0.4, -0.2) is 34.2 Å². The Morgan fingerprint density at radius 1 is 1.10 bits per heavy atom. The summed E-state index contributed by atoms with van der Waals surface area (Å²) in [6, 6.07) is 17.0. The SMILES string of the molecule is CCOC(=O)c1ccc(NC(=O)CSc2nc(COc3ccccc3)cc(=O)[nH]2)cc1. The second kappa shape index (κ2) is 11.0. The fraction of sp³-hybridized carbons (Fsp3) is 0.182. The summed E-state index contributed by atoms with van der Waals surface area (Å²) in [6.07, 6.45) is 0. The van der Waals surface area contributed by atoms with Gasteiger partial charge in [-0.2, -0.15) is 0 Å². The summed E-state index contributed by atoms with van der Waals surface area (Å²) >= 11 is 1.10. The van der Waals surface area contributed by atoms with Crippen molar-refractivity contribution in [3.63, 3.8) is 0 Å². The molecule has 3 rings (SSSR count). The van der Waals surface area contributed by atoms with Crippen LogP contribution in [0.15, 0.2) is 70.6 Å². The van der Waals surface area contributed by atoms with Crippen molar-refractivity contribution in [1.29, 1.82) is 0 Å². The fourth-order valence-electron chi connectivity index (χ4n) is 2.53. The number of nitrogens with one attached hydrogen (secondary N) is 2. The first-order valence-corrected chi connectivity index (χ1v) is 10.5. The fourth-order valence-corrected chi connectivity index (χ4v) is 3.23.